The summed E-state index contributed by atoms with van der Waals surface area (Å²) < 4.78 is 0. The minimum atomic E-state index is -1.26. The van der Waals surface area contributed by atoms with E-state index in [-0.39, 0.29) is 6.04 Å². The molecule has 0 radical (unpaired) electrons. The lowest BCUT2D eigenvalue weighted by Gasteiger charge is -2.23. The Morgan fingerprint density at radius 2 is 1.18 bits per heavy atom. The first-order chi connectivity index (χ1) is 10.6. The van der Waals surface area contributed by atoms with E-state index in [1.54, 1.807) is 0 Å². The van der Waals surface area contributed by atoms with Crippen molar-refractivity contribution < 1.29 is 10.2 Å². The van der Waals surface area contributed by atoms with E-state index in [4.69, 9.17) is 10.2 Å². The number of hydrogen-bond acceptors (Lipinski definition) is 3. The van der Waals surface area contributed by atoms with E-state index >= 15 is 0 Å². The summed E-state index contributed by atoms with van der Waals surface area (Å²) in [6.07, 6.45) is 16.0. The molecule has 0 aliphatic rings. The van der Waals surface area contributed by atoms with Crippen molar-refractivity contribution in [3.63, 3.8) is 0 Å². The molecule has 0 heterocycles. The first-order valence-corrected chi connectivity index (χ1v) is 9.74. The summed E-state index contributed by atoms with van der Waals surface area (Å²) in [6.45, 7) is 6.26. The average molecular weight is 316 g/mol. The van der Waals surface area contributed by atoms with Crippen LogP contribution >= 0.6 is 0 Å². The summed E-state index contributed by atoms with van der Waals surface area (Å²) in [4.78, 5) is 0. The highest BCUT2D eigenvalue weighted by molar-refractivity contribution is 4.71. The zero-order valence-corrected chi connectivity index (χ0v) is 15.3. The third kappa shape index (κ3) is 13.5. The molecule has 0 aromatic rings. The molecular weight excluding hydrogens is 274 g/mol. The first-order valence-electron chi connectivity index (χ1n) is 9.74. The number of unbranched alkanes of at least 4 members (excludes halogenated alkanes) is 10. The molecule has 0 spiro atoms. The van der Waals surface area contributed by atoms with Gasteiger partial charge in [0.05, 0.1) is 6.04 Å². The van der Waals surface area contributed by atoms with E-state index in [1.165, 1.54) is 70.6 Å². The summed E-state index contributed by atoms with van der Waals surface area (Å²) in [7, 11) is 0. The lowest BCUT2D eigenvalue weighted by molar-refractivity contribution is -0.0650. The molecule has 3 nitrogen and oxygen atoms in total. The Morgan fingerprint density at radius 1 is 0.727 bits per heavy atom. The number of aliphatic hydroxyl groups excluding tert-OH is 1. The van der Waals surface area contributed by atoms with Crippen LogP contribution in [0.1, 0.15) is 104 Å². The lowest BCUT2D eigenvalue weighted by Crippen LogP contribution is -2.43. The molecule has 0 rings (SSSR count). The fourth-order valence-electron chi connectivity index (χ4n) is 2.92. The third-order valence-corrected chi connectivity index (χ3v) is 4.59. The molecule has 0 aromatic heterocycles. The van der Waals surface area contributed by atoms with Gasteiger partial charge in [0.2, 0.25) is 0 Å². The molecule has 0 fully saturated rings. The van der Waals surface area contributed by atoms with E-state index in [1.807, 2.05) is 6.92 Å². The molecule has 0 aromatic carbocycles. The second-order valence-corrected chi connectivity index (χ2v) is 6.80. The molecule has 0 amide bonds. The highest BCUT2D eigenvalue weighted by Crippen LogP contribution is 2.13. The van der Waals surface area contributed by atoms with Crippen LogP contribution in [0, 0.1) is 0 Å². The topological polar surface area (TPSA) is 52.5 Å². The summed E-state index contributed by atoms with van der Waals surface area (Å²) >= 11 is 0. The summed E-state index contributed by atoms with van der Waals surface area (Å²) in [5.41, 5.74) is 0. The van der Waals surface area contributed by atoms with Gasteiger partial charge >= 0.3 is 0 Å². The Morgan fingerprint density at radius 3 is 1.59 bits per heavy atom. The van der Waals surface area contributed by atoms with Crippen LogP contribution in [0.15, 0.2) is 0 Å². The van der Waals surface area contributed by atoms with E-state index in [0.29, 0.717) is 6.04 Å². The second kappa shape index (κ2) is 15.8. The Hall–Kier alpha value is -0.120. The van der Waals surface area contributed by atoms with Gasteiger partial charge in [-0.25, -0.2) is 0 Å². The molecule has 2 unspecified atom stereocenters. The van der Waals surface area contributed by atoms with E-state index in [0.717, 1.165) is 12.8 Å². The van der Waals surface area contributed by atoms with Gasteiger partial charge in [-0.15, -0.1) is 0 Å². The maximum Gasteiger partial charge on any atom is 0.166 e. The fourth-order valence-corrected chi connectivity index (χ4v) is 2.92. The van der Waals surface area contributed by atoms with E-state index in [9.17, 15) is 0 Å². The zero-order chi connectivity index (χ0) is 16.6. The highest BCUT2D eigenvalue weighted by Gasteiger charge is 2.14. The van der Waals surface area contributed by atoms with E-state index in [2.05, 4.69) is 19.2 Å². The molecule has 0 aliphatic carbocycles. The van der Waals surface area contributed by atoms with Gasteiger partial charge in [-0.2, -0.15) is 0 Å². The highest BCUT2D eigenvalue weighted by atomic mass is 16.5. The van der Waals surface area contributed by atoms with Gasteiger partial charge in [-0.05, 0) is 19.8 Å². The van der Waals surface area contributed by atoms with E-state index < -0.39 is 6.29 Å². The molecule has 3 N–H and O–H groups in total. The lowest BCUT2D eigenvalue weighted by atomic mass is 10.0. The minimum Gasteiger partial charge on any atom is -0.367 e. The fraction of sp³-hybridized carbons (Fsp3) is 1.00. The molecule has 0 aliphatic heterocycles. The zero-order valence-electron chi connectivity index (χ0n) is 15.3. The molecule has 0 bridgehead atoms. The van der Waals surface area contributed by atoms with Gasteiger partial charge in [0.1, 0.15) is 0 Å². The number of nitrogens with one attached hydrogen (secondary N) is 1. The van der Waals surface area contributed by atoms with Crippen LogP contribution < -0.4 is 5.32 Å². The molecule has 22 heavy (non-hydrogen) atoms. The molecule has 3 heteroatoms. The van der Waals surface area contributed by atoms with Crippen LogP contribution in [0.3, 0.4) is 0 Å². The van der Waals surface area contributed by atoms with Crippen LogP contribution in [0.25, 0.3) is 0 Å². The minimum absolute atomic E-state index is 0.238. The predicted octanol–water partition coefficient (Wildman–Crippen LogP) is 4.75. The van der Waals surface area contributed by atoms with Crippen molar-refractivity contribution >= 4 is 0 Å². The van der Waals surface area contributed by atoms with Crippen molar-refractivity contribution in [2.45, 2.75) is 123 Å². The standard InChI is InChI=1S/C19H41NO2/c1-4-6-7-8-9-10-11-12-13-14-15-16-18(5-2)20-17(3)19(21)22/h17-22H,4-16H2,1-3H3. The van der Waals surface area contributed by atoms with Gasteiger partial charge in [0.25, 0.3) is 0 Å². The monoisotopic (exact) mass is 315 g/mol. The van der Waals surface area contributed by atoms with Crippen LogP contribution in [0.5, 0.6) is 0 Å². The maximum absolute atomic E-state index is 9.12. The quantitative estimate of drug-likeness (QED) is 0.284. The molecule has 2 atom stereocenters. The Kier molecular flexibility index (Phi) is 15.7. The van der Waals surface area contributed by atoms with Crippen molar-refractivity contribution in [3.8, 4) is 0 Å². The molecule has 0 saturated heterocycles. The number of hydrogen-bond donors (Lipinski definition) is 3. The first kappa shape index (κ1) is 21.9. The maximum atomic E-state index is 9.12. The van der Waals surface area contributed by atoms with Crippen LogP contribution in [-0.2, 0) is 0 Å². The van der Waals surface area contributed by atoms with Crippen molar-refractivity contribution in [2.24, 2.45) is 0 Å². The molecule has 134 valence electrons. The second-order valence-electron chi connectivity index (χ2n) is 6.80. The smallest absolute Gasteiger partial charge is 0.166 e. The number of aliphatic hydroxyl groups is 2. The SMILES string of the molecule is CCCCCCCCCCCCCC(CC)NC(C)C(O)O. The van der Waals surface area contributed by atoms with Crippen molar-refractivity contribution in [3.05, 3.63) is 0 Å². The van der Waals surface area contributed by atoms with Gasteiger partial charge in [0, 0.05) is 6.04 Å². The van der Waals surface area contributed by atoms with Gasteiger partial charge in [-0.1, -0.05) is 84.5 Å². The molecular formula is C19H41NO2. The van der Waals surface area contributed by atoms with Gasteiger partial charge in [-0.3, -0.25) is 0 Å². The van der Waals surface area contributed by atoms with Crippen molar-refractivity contribution in [2.75, 3.05) is 0 Å². The Balaban J connectivity index is 3.36. The van der Waals surface area contributed by atoms with Gasteiger partial charge < -0.3 is 15.5 Å². The van der Waals surface area contributed by atoms with Crippen LogP contribution in [-0.4, -0.2) is 28.6 Å². The summed E-state index contributed by atoms with van der Waals surface area (Å²) in [6, 6.07) is 0.174. The predicted molar refractivity (Wildman–Crippen MR) is 96.0 cm³/mol. The van der Waals surface area contributed by atoms with Crippen molar-refractivity contribution in [1.29, 1.82) is 0 Å². The number of rotatable bonds is 16. The summed E-state index contributed by atoms with van der Waals surface area (Å²) in [5.74, 6) is 0. The Bertz CT molecular complexity index is 221. The van der Waals surface area contributed by atoms with Crippen LogP contribution in [0.2, 0.25) is 0 Å². The van der Waals surface area contributed by atoms with Crippen molar-refractivity contribution in [1.82, 2.24) is 5.32 Å². The largest absolute Gasteiger partial charge is 0.367 e. The third-order valence-electron chi connectivity index (χ3n) is 4.59. The Labute approximate surface area is 138 Å². The summed E-state index contributed by atoms with van der Waals surface area (Å²) in [5, 5.41) is 21.5. The average Bonchev–Trinajstić information content (AvgIpc) is 2.51. The molecule has 0 saturated carbocycles. The van der Waals surface area contributed by atoms with Gasteiger partial charge in [0.15, 0.2) is 6.29 Å². The normalized spacial score (nSPS) is 14.5. The van der Waals surface area contributed by atoms with Crippen LogP contribution in [0.4, 0.5) is 0 Å².